The van der Waals surface area contributed by atoms with Crippen molar-refractivity contribution in [1.29, 1.82) is 0 Å². The van der Waals surface area contributed by atoms with E-state index >= 15 is 0 Å². The van der Waals surface area contributed by atoms with Gasteiger partial charge < -0.3 is 4.42 Å². The Bertz CT molecular complexity index is 1020. The minimum Gasteiger partial charge on any atom is -0.408 e. The van der Waals surface area contributed by atoms with Crippen LogP contribution >= 0.6 is 0 Å². The molecule has 2 aromatic carbocycles. The highest BCUT2D eigenvalue weighted by Crippen LogP contribution is 2.22. The van der Waals surface area contributed by atoms with Crippen molar-refractivity contribution < 1.29 is 12.8 Å². The second-order valence-corrected chi connectivity index (χ2v) is 7.41. The van der Waals surface area contributed by atoms with E-state index in [4.69, 9.17) is 4.42 Å². The van der Waals surface area contributed by atoms with E-state index in [1.165, 1.54) is 21.0 Å². The molecule has 0 fully saturated rings. The molecule has 0 aliphatic heterocycles. The van der Waals surface area contributed by atoms with Crippen LogP contribution in [0.4, 0.5) is 0 Å². The van der Waals surface area contributed by atoms with E-state index in [0.29, 0.717) is 12.1 Å². The van der Waals surface area contributed by atoms with Crippen molar-refractivity contribution in [3.8, 4) is 0 Å². The predicted octanol–water partition coefficient (Wildman–Crippen LogP) is 2.34. The van der Waals surface area contributed by atoms with Crippen LogP contribution in [-0.2, 0) is 23.6 Å². The zero-order valence-corrected chi connectivity index (χ0v) is 14.3. The van der Waals surface area contributed by atoms with E-state index in [1.807, 2.05) is 30.3 Å². The van der Waals surface area contributed by atoms with Crippen LogP contribution < -0.4 is 5.76 Å². The predicted molar refractivity (Wildman–Crippen MR) is 91.2 cm³/mol. The molecule has 0 atom stereocenters. The fourth-order valence-corrected chi connectivity index (χ4v) is 4.03. The van der Waals surface area contributed by atoms with Gasteiger partial charge in [-0.25, -0.2) is 13.2 Å². The fourth-order valence-electron chi connectivity index (χ4n) is 2.58. The first kappa shape index (κ1) is 16.5. The third-order valence-corrected chi connectivity index (χ3v) is 5.87. The summed E-state index contributed by atoms with van der Waals surface area (Å²) in [5.74, 6) is -0.517. The van der Waals surface area contributed by atoms with Crippen molar-refractivity contribution >= 4 is 21.1 Å². The lowest BCUT2D eigenvalue weighted by molar-refractivity contribution is 0.423. The summed E-state index contributed by atoms with van der Waals surface area (Å²) in [7, 11) is -2.10. The summed E-state index contributed by atoms with van der Waals surface area (Å²) in [6, 6.07) is 13.9. The summed E-state index contributed by atoms with van der Waals surface area (Å²) in [6.07, 6.45) is 0. The second-order valence-electron chi connectivity index (χ2n) is 5.47. The van der Waals surface area contributed by atoms with Crippen LogP contribution in [0, 0.1) is 0 Å². The smallest absolute Gasteiger partial charge is 0.408 e. The molecule has 0 radical (unpaired) electrons. The molecule has 126 valence electrons. The van der Waals surface area contributed by atoms with E-state index in [9.17, 15) is 13.2 Å². The molecule has 3 aromatic rings. The Morgan fingerprint density at radius 2 is 1.83 bits per heavy atom. The number of sulfonamides is 1. The highest BCUT2D eigenvalue weighted by molar-refractivity contribution is 7.89. The molecule has 0 amide bonds. The van der Waals surface area contributed by atoms with Gasteiger partial charge in [-0.15, -0.1) is 0 Å². The first-order chi connectivity index (χ1) is 11.4. The molecule has 0 aliphatic carbocycles. The lowest BCUT2D eigenvalue weighted by atomic mass is 10.2. The third-order valence-electron chi connectivity index (χ3n) is 3.96. The Kier molecular flexibility index (Phi) is 4.29. The minimum absolute atomic E-state index is 0.113. The van der Waals surface area contributed by atoms with Crippen molar-refractivity contribution in [2.45, 2.75) is 18.4 Å². The highest BCUT2D eigenvalue weighted by atomic mass is 32.2. The summed E-state index contributed by atoms with van der Waals surface area (Å²) in [5.41, 5.74) is 1.74. The maximum absolute atomic E-state index is 12.9. The molecule has 1 heterocycles. The molecule has 0 N–H and O–H groups in total. The Labute approximate surface area is 140 Å². The molecule has 0 unspecified atom stereocenters. The van der Waals surface area contributed by atoms with Crippen molar-refractivity contribution in [2.24, 2.45) is 7.05 Å². The van der Waals surface area contributed by atoms with Gasteiger partial charge >= 0.3 is 5.76 Å². The summed E-state index contributed by atoms with van der Waals surface area (Å²) in [4.78, 5) is 11.7. The van der Waals surface area contributed by atoms with Gasteiger partial charge in [0.25, 0.3) is 0 Å². The number of hydrogen-bond donors (Lipinski definition) is 0. The lowest BCUT2D eigenvalue weighted by Gasteiger charge is -2.20. The molecule has 3 rings (SSSR count). The molecule has 0 saturated heterocycles. The molecule has 1 aromatic heterocycles. The third kappa shape index (κ3) is 2.88. The van der Waals surface area contributed by atoms with Gasteiger partial charge in [0.1, 0.15) is 0 Å². The molecule has 0 aliphatic rings. The molecular formula is C17H18N2O4S. The quantitative estimate of drug-likeness (QED) is 0.711. The van der Waals surface area contributed by atoms with Crippen molar-refractivity contribution in [3.05, 3.63) is 64.6 Å². The Hall–Kier alpha value is -2.38. The van der Waals surface area contributed by atoms with Crippen LogP contribution in [0.25, 0.3) is 11.1 Å². The zero-order chi connectivity index (χ0) is 17.3. The van der Waals surface area contributed by atoms with Crippen LogP contribution in [0.2, 0.25) is 0 Å². The summed E-state index contributed by atoms with van der Waals surface area (Å²) >= 11 is 0. The lowest BCUT2D eigenvalue weighted by Crippen LogP contribution is -2.30. The van der Waals surface area contributed by atoms with E-state index in [-0.39, 0.29) is 17.0 Å². The largest absolute Gasteiger partial charge is 0.419 e. The van der Waals surface area contributed by atoms with Crippen LogP contribution in [0.3, 0.4) is 0 Å². The number of benzene rings is 2. The maximum Gasteiger partial charge on any atom is 0.419 e. The second kappa shape index (κ2) is 6.26. The number of rotatable bonds is 5. The molecule has 7 heteroatoms. The molecular weight excluding hydrogens is 328 g/mol. The summed E-state index contributed by atoms with van der Waals surface area (Å²) in [5, 5.41) is 0. The van der Waals surface area contributed by atoms with Gasteiger partial charge in [0, 0.05) is 26.2 Å². The maximum atomic E-state index is 12.9. The van der Waals surface area contributed by atoms with Gasteiger partial charge in [-0.1, -0.05) is 37.3 Å². The van der Waals surface area contributed by atoms with E-state index < -0.39 is 15.8 Å². The first-order valence-electron chi connectivity index (χ1n) is 7.57. The van der Waals surface area contributed by atoms with Gasteiger partial charge in [-0.05, 0) is 17.7 Å². The summed E-state index contributed by atoms with van der Waals surface area (Å²) in [6.45, 7) is 2.42. The molecule has 0 bridgehead atoms. The summed E-state index contributed by atoms with van der Waals surface area (Å²) < 4.78 is 33.6. The van der Waals surface area contributed by atoms with Gasteiger partial charge in [0.05, 0.1) is 10.4 Å². The van der Waals surface area contributed by atoms with Gasteiger partial charge in [0.2, 0.25) is 10.0 Å². The van der Waals surface area contributed by atoms with Gasteiger partial charge in [-0.3, -0.25) is 4.57 Å². The van der Waals surface area contributed by atoms with Gasteiger partial charge in [0.15, 0.2) is 5.58 Å². The van der Waals surface area contributed by atoms with Gasteiger partial charge in [-0.2, -0.15) is 4.31 Å². The van der Waals surface area contributed by atoms with E-state index in [2.05, 4.69) is 0 Å². The number of nitrogens with zero attached hydrogens (tertiary/aromatic N) is 2. The number of fused-ring (bicyclic) bond motifs is 1. The van der Waals surface area contributed by atoms with Crippen molar-refractivity contribution in [1.82, 2.24) is 8.87 Å². The number of oxazole rings is 1. The minimum atomic E-state index is -3.68. The normalized spacial score (nSPS) is 12.1. The Balaban J connectivity index is 2.00. The molecule has 0 spiro atoms. The highest BCUT2D eigenvalue weighted by Gasteiger charge is 2.24. The number of aromatic nitrogens is 1. The molecule has 24 heavy (non-hydrogen) atoms. The van der Waals surface area contributed by atoms with Crippen LogP contribution in [0.5, 0.6) is 0 Å². The number of aryl methyl sites for hydroxylation is 1. The van der Waals surface area contributed by atoms with Crippen molar-refractivity contribution in [2.75, 3.05) is 6.54 Å². The first-order valence-corrected chi connectivity index (χ1v) is 9.01. The van der Waals surface area contributed by atoms with Crippen molar-refractivity contribution in [3.63, 3.8) is 0 Å². The average Bonchev–Trinajstić information content (AvgIpc) is 2.87. The van der Waals surface area contributed by atoms with E-state index in [0.717, 1.165) is 5.56 Å². The monoisotopic (exact) mass is 346 g/mol. The number of hydrogen-bond acceptors (Lipinski definition) is 4. The Morgan fingerprint density at radius 1 is 1.12 bits per heavy atom. The average molecular weight is 346 g/mol. The van der Waals surface area contributed by atoms with E-state index in [1.54, 1.807) is 20.0 Å². The SMILES string of the molecule is CCN(Cc1ccccc1)S(=O)(=O)c1ccc2c(c1)oc(=O)n2C. The zero-order valence-electron chi connectivity index (χ0n) is 13.5. The fraction of sp³-hybridized carbons (Fsp3) is 0.235. The van der Waals surface area contributed by atoms with Crippen LogP contribution in [-0.4, -0.2) is 23.8 Å². The Morgan fingerprint density at radius 3 is 2.50 bits per heavy atom. The molecule has 0 saturated carbocycles. The topological polar surface area (TPSA) is 72.5 Å². The van der Waals surface area contributed by atoms with Crippen LogP contribution in [0.1, 0.15) is 12.5 Å². The molecule has 6 nitrogen and oxygen atoms in total. The van der Waals surface area contributed by atoms with Crippen LogP contribution in [0.15, 0.2) is 62.6 Å². The standard InChI is InChI=1S/C17H18N2O4S/c1-3-19(12-13-7-5-4-6-8-13)24(21,22)14-9-10-15-16(11-14)23-17(20)18(15)2/h4-11H,3,12H2,1-2H3.